The molecule has 2 rings (SSSR count). The first-order chi connectivity index (χ1) is 9.20. The van der Waals surface area contributed by atoms with Gasteiger partial charge >= 0.3 is 0 Å². The van der Waals surface area contributed by atoms with Crippen molar-refractivity contribution in [3.05, 3.63) is 51.2 Å². The Kier molecular flexibility index (Phi) is 4.58. The van der Waals surface area contributed by atoms with Crippen LogP contribution in [0.2, 0.25) is 5.02 Å². The Bertz CT molecular complexity index is 655. The minimum atomic E-state index is -0.195. The standard InChI is InChI=1S/C14H11ClN2OS/c15-11-5-1-2-6-12(11)17-14(18)13-8-7-10(19-13)4-3-9-16/h1-2,5-8H,9,16H2,(H,17,18). The average Bonchev–Trinajstić information content (AvgIpc) is 2.88. The number of rotatable bonds is 2. The van der Waals surface area contributed by atoms with E-state index in [1.54, 1.807) is 24.3 Å². The molecular formula is C14H11ClN2OS. The highest BCUT2D eigenvalue weighted by molar-refractivity contribution is 7.14. The molecule has 1 aromatic heterocycles. The molecule has 1 aromatic carbocycles. The predicted octanol–water partition coefficient (Wildman–Crippen LogP) is 2.96. The largest absolute Gasteiger partial charge is 0.320 e. The van der Waals surface area contributed by atoms with Gasteiger partial charge in [0.2, 0.25) is 0 Å². The van der Waals surface area contributed by atoms with Crippen molar-refractivity contribution in [3.63, 3.8) is 0 Å². The van der Waals surface area contributed by atoms with E-state index >= 15 is 0 Å². The van der Waals surface area contributed by atoms with Gasteiger partial charge in [0.05, 0.1) is 27.0 Å². The van der Waals surface area contributed by atoms with Crippen molar-refractivity contribution in [3.8, 4) is 11.8 Å². The third-order valence-corrected chi connectivity index (χ3v) is 3.59. The Hall–Kier alpha value is -1.80. The Morgan fingerprint density at radius 1 is 1.32 bits per heavy atom. The molecule has 0 fully saturated rings. The number of anilines is 1. The van der Waals surface area contributed by atoms with Crippen molar-refractivity contribution >= 4 is 34.5 Å². The van der Waals surface area contributed by atoms with Crippen LogP contribution in [0.15, 0.2) is 36.4 Å². The van der Waals surface area contributed by atoms with Crippen molar-refractivity contribution in [2.24, 2.45) is 5.73 Å². The number of carbonyl (C=O) groups excluding carboxylic acids is 1. The lowest BCUT2D eigenvalue weighted by Gasteiger charge is -2.04. The monoisotopic (exact) mass is 290 g/mol. The summed E-state index contributed by atoms with van der Waals surface area (Å²) >= 11 is 7.30. The number of halogens is 1. The second-order valence-electron chi connectivity index (χ2n) is 3.60. The van der Waals surface area contributed by atoms with Crippen molar-refractivity contribution in [2.45, 2.75) is 0 Å². The first kappa shape index (κ1) is 13.6. The fourth-order valence-corrected chi connectivity index (χ4v) is 2.37. The number of nitrogens with two attached hydrogens (primary N) is 1. The van der Waals surface area contributed by atoms with Gasteiger partial charge in [0, 0.05) is 0 Å². The molecule has 0 saturated carbocycles. The van der Waals surface area contributed by atoms with E-state index in [4.69, 9.17) is 17.3 Å². The Labute approximate surface area is 120 Å². The zero-order valence-electron chi connectivity index (χ0n) is 9.94. The summed E-state index contributed by atoms with van der Waals surface area (Å²) in [5.41, 5.74) is 5.89. The summed E-state index contributed by atoms with van der Waals surface area (Å²) < 4.78 is 0. The lowest BCUT2D eigenvalue weighted by Crippen LogP contribution is -2.10. The Balaban J connectivity index is 2.12. The zero-order valence-corrected chi connectivity index (χ0v) is 11.5. The zero-order chi connectivity index (χ0) is 13.7. The molecule has 0 radical (unpaired) electrons. The van der Waals surface area contributed by atoms with Gasteiger partial charge in [-0.15, -0.1) is 11.3 Å². The van der Waals surface area contributed by atoms with E-state index in [0.29, 0.717) is 22.1 Å². The van der Waals surface area contributed by atoms with Crippen LogP contribution < -0.4 is 11.1 Å². The van der Waals surface area contributed by atoms with Gasteiger partial charge in [-0.1, -0.05) is 35.6 Å². The topological polar surface area (TPSA) is 55.1 Å². The normalized spacial score (nSPS) is 9.58. The van der Waals surface area contributed by atoms with Crippen molar-refractivity contribution in [1.29, 1.82) is 0 Å². The summed E-state index contributed by atoms with van der Waals surface area (Å²) in [6.07, 6.45) is 0. The van der Waals surface area contributed by atoms with Crippen LogP contribution in [-0.2, 0) is 0 Å². The predicted molar refractivity (Wildman–Crippen MR) is 79.7 cm³/mol. The highest BCUT2D eigenvalue weighted by Gasteiger charge is 2.10. The van der Waals surface area contributed by atoms with Gasteiger partial charge in [-0.3, -0.25) is 4.79 Å². The van der Waals surface area contributed by atoms with Crippen molar-refractivity contribution in [1.82, 2.24) is 0 Å². The molecule has 19 heavy (non-hydrogen) atoms. The van der Waals surface area contributed by atoms with Gasteiger partial charge < -0.3 is 11.1 Å². The SMILES string of the molecule is NCC#Cc1ccc(C(=O)Nc2ccccc2Cl)s1. The third-order valence-electron chi connectivity index (χ3n) is 2.27. The van der Waals surface area contributed by atoms with Gasteiger partial charge in [0.15, 0.2) is 0 Å². The molecule has 96 valence electrons. The van der Waals surface area contributed by atoms with Crippen LogP contribution in [0.4, 0.5) is 5.69 Å². The first-order valence-electron chi connectivity index (χ1n) is 5.55. The van der Waals surface area contributed by atoms with E-state index in [-0.39, 0.29) is 5.91 Å². The fraction of sp³-hybridized carbons (Fsp3) is 0.0714. The van der Waals surface area contributed by atoms with E-state index in [1.807, 2.05) is 12.1 Å². The second kappa shape index (κ2) is 6.39. The van der Waals surface area contributed by atoms with Gasteiger partial charge in [0.25, 0.3) is 5.91 Å². The van der Waals surface area contributed by atoms with Crippen LogP contribution in [0, 0.1) is 11.8 Å². The van der Waals surface area contributed by atoms with Gasteiger partial charge in [-0.05, 0) is 24.3 Å². The number of carbonyl (C=O) groups is 1. The average molecular weight is 291 g/mol. The summed E-state index contributed by atoms with van der Waals surface area (Å²) in [4.78, 5) is 13.4. The number of thiophene rings is 1. The minimum absolute atomic E-state index is 0.195. The summed E-state index contributed by atoms with van der Waals surface area (Å²) in [6, 6.07) is 10.6. The number of hydrogen-bond donors (Lipinski definition) is 2. The fourth-order valence-electron chi connectivity index (χ4n) is 1.41. The number of benzene rings is 1. The second-order valence-corrected chi connectivity index (χ2v) is 5.09. The smallest absolute Gasteiger partial charge is 0.265 e. The van der Waals surface area contributed by atoms with Crippen molar-refractivity contribution in [2.75, 3.05) is 11.9 Å². The number of nitrogens with one attached hydrogen (secondary N) is 1. The molecule has 0 bridgehead atoms. The Morgan fingerprint density at radius 2 is 2.11 bits per heavy atom. The maximum atomic E-state index is 12.0. The molecule has 0 spiro atoms. The number of para-hydroxylation sites is 1. The molecule has 1 heterocycles. The molecule has 0 unspecified atom stereocenters. The van der Waals surface area contributed by atoms with Crippen molar-refractivity contribution < 1.29 is 4.79 Å². The highest BCUT2D eigenvalue weighted by Crippen LogP contribution is 2.23. The number of hydrogen-bond acceptors (Lipinski definition) is 3. The van der Waals surface area contributed by atoms with Gasteiger partial charge in [-0.25, -0.2) is 0 Å². The molecule has 0 aliphatic carbocycles. The molecule has 0 aliphatic heterocycles. The molecule has 0 saturated heterocycles. The highest BCUT2D eigenvalue weighted by atomic mass is 35.5. The van der Waals surface area contributed by atoms with Crippen LogP contribution >= 0.6 is 22.9 Å². The number of amides is 1. The van der Waals surface area contributed by atoms with E-state index in [1.165, 1.54) is 11.3 Å². The molecule has 2 aromatic rings. The summed E-state index contributed by atoms with van der Waals surface area (Å²) in [7, 11) is 0. The van der Waals surface area contributed by atoms with Crippen LogP contribution in [-0.4, -0.2) is 12.5 Å². The lowest BCUT2D eigenvalue weighted by atomic mass is 10.3. The quantitative estimate of drug-likeness (QED) is 0.836. The molecule has 3 N–H and O–H groups in total. The van der Waals surface area contributed by atoms with Crippen LogP contribution in [0.3, 0.4) is 0 Å². The molecule has 0 aliphatic rings. The maximum Gasteiger partial charge on any atom is 0.265 e. The third kappa shape index (κ3) is 3.58. The molecule has 5 heteroatoms. The molecular weight excluding hydrogens is 280 g/mol. The van der Waals surface area contributed by atoms with E-state index < -0.39 is 0 Å². The van der Waals surface area contributed by atoms with E-state index in [2.05, 4.69) is 17.2 Å². The molecule has 3 nitrogen and oxygen atoms in total. The summed E-state index contributed by atoms with van der Waals surface area (Å²) in [5, 5.41) is 3.27. The van der Waals surface area contributed by atoms with E-state index in [9.17, 15) is 4.79 Å². The minimum Gasteiger partial charge on any atom is -0.320 e. The molecule has 0 atom stereocenters. The maximum absolute atomic E-state index is 12.0. The van der Waals surface area contributed by atoms with Crippen LogP contribution in [0.25, 0.3) is 0 Å². The van der Waals surface area contributed by atoms with Crippen LogP contribution in [0.5, 0.6) is 0 Å². The summed E-state index contributed by atoms with van der Waals surface area (Å²) in [6.45, 7) is 0.305. The summed E-state index contributed by atoms with van der Waals surface area (Å²) in [5.74, 6) is 5.45. The van der Waals surface area contributed by atoms with Gasteiger partial charge in [0.1, 0.15) is 0 Å². The molecule has 1 amide bonds. The van der Waals surface area contributed by atoms with E-state index in [0.717, 1.165) is 4.88 Å². The van der Waals surface area contributed by atoms with Crippen LogP contribution in [0.1, 0.15) is 14.5 Å². The first-order valence-corrected chi connectivity index (χ1v) is 6.75. The Morgan fingerprint density at radius 3 is 2.84 bits per heavy atom. The lowest BCUT2D eigenvalue weighted by molar-refractivity contribution is 0.103. The van der Waals surface area contributed by atoms with Gasteiger partial charge in [-0.2, -0.15) is 0 Å².